The van der Waals surface area contributed by atoms with Gasteiger partial charge in [0.15, 0.2) is 0 Å². The molecule has 3 amide bonds. The Bertz CT molecular complexity index is 719. The quantitative estimate of drug-likeness (QED) is 0.861. The predicted molar refractivity (Wildman–Crippen MR) is 97.1 cm³/mol. The SMILES string of the molecule is CC1(C)CN([C@@H]2CC[C@H](c3cc(OC(N)=O)nn3C(C)(C)C)C2)C(=O)N1. The lowest BCUT2D eigenvalue weighted by Gasteiger charge is -2.26. The van der Waals surface area contributed by atoms with Crippen LogP contribution in [0.3, 0.4) is 0 Å². The molecular weight excluding hydrogens is 334 g/mol. The molecule has 3 N–H and O–H groups in total. The first-order valence-electron chi connectivity index (χ1n) is 9.13. The lowest BCUT2D eigenvalue weighted by atomic mass is 10.0. The minimum Gasteiger partial charge on any atom is -0.390 e. The summed E-state index contributed by atoms with van der Waals surface area (Å²) in [7, 11) is 0. The molecule has 8 heteroatoms. The van der Waals surface area contributed by atoms with Gasteiger partial charge in [0, 0.05) is 30.3 Å². The smallest absolute Gasteiger partial charge is 0.390 e. The van der Waals surface area contributed by atoms with Gasteiger partial charge in [-0.05, 0) is 53.9 Å². The molecule has 2 aliphatic rings. The van der Waals surface area contributed by atoms with E-state index in [0.717, 1.165) is 31.5 Å². The lowest BCUT2D eigenvalue weighted by Crippen LogP contribution is -2.36. The van der Waals surface area contributed by atoms with Crippen molar-refractivity contribution in [2.45, 2.75) is 76.9 Å². The van der Waals surface area contributed by atoms with Crippen LogP contribution in [0, 0.1) is 0 Å². The van der Waals surface area contributed by atoms with Crippen LogP contribution in [0.15, 0.2) is 6.07 Å². The zero-order valence-corrected chi connectivity index (χ0v) is 16.2. The highest BCUT2D eigenvalue weighted by Gasteiger charge is 2.42. The summed E-state index contributed by atoms with van der Waals surface area (Å²) < 4.78 is 6.90. The molecule has 26 heavy (non-hydrogen) atoms. The monoisotopic (exact) mass is 363 g/mol. The fraction of sp³-hybridized carbons (Fsp3) is 0.722. The molecule has 0 spiro atoms. The largest absolute Gasteiger partial charge is 0.411 e. The highest BCUT2D eigenvalue weighted by molar-refractivity contribution is 5.78. The third kappa shape index (κ3) is 3.64. The fourth-order valence-electron chi connectivity index (χ4n) is 4.06. The van der Waals surface area contributed by atoms with E-state index in [1.807, 2.05) is 23.4 Å². The second-order valence-electron chi connectivity index (χ2n) is 9.02. The third-order valence-corrected chi connectivity index (χ3v) is 5.09. The first-order chi connectivity index (χ1) is 12.0. The molecule has 1 aromatic rings. The summed E-state index contributed by atoms with van der Waals surface area (Å²) in [6, 6.07) is 2.03. The molecule has 1 aliphatic carbocycles. The van der Waals surface area contributed by atoms with Gasteiger partial charge in [0.2, 0.25) is 5.88 Å². The van der Waals surface area contributed by atoms with Crippen molar-refractivity contribution in [1.29, 1.82) is 0 Å². The first kappa shape index (κ1) is 18.5. The summed E-state index contributed by atoms with van der Waals surface area (Å²) in [4.78, 5) is 25.3. The van der Waals surface area contributed by atoms with Crippen molar-refractivity contribution in [3.63, 3.8) is 0 Å². The predicted octanol–water partition coefficient (Wildman–Crippen LogP) is 2.54. The summed E-state index contributed by atoms with van der Waals surface area (Å²) in [5, 5.41) is 7.46. The molecule has 2 fully saturated rings. The molecule has 0 bridgehead atoms. The van der Waals surface area contributed by atoms with Crippen molar-refractivity contribution in [3.8, 4) is 5.88 Å². The normalized spacial score (nSPS) is 25.4. The van der Waals surface area contributed by atoms with Gasteiger partial charge in [-0.15, -0.1) is 5.10 Å². The average Bonchev–Trinajstić information content (AvgIpc) is 3.14. The Morgan fingerprint density at radius 1 is 1.38 bits per heavy atom. The summed E-state index contributed by atoms with van der Waals surface area (Å²) in [6.07, 6.45) is 1.93. The van der Waals surface area contributed by atoms with Crippen molar-refractivity contribution in [3.05, 3.63) is 11.8 Å². The van der Waals surface area contributed by atoms with Crippen LogP contribution in [-0.4, -0.2) is 44.9 Å². The van der Waals surface area contributed by atoms with Crippen LogP contribution in [0.4, 0.5) is 9.59 Å². The Kier molecular flexibility index (Phi) is 4.40. The number of carbonyl (C=O) groups excluding carboxylic acids is 2. The standard InChI is InChI=1S/C18H29N5O3/c1-17(2,3)23-13(9-14(21-23)26-15(19)24)11-6-7-12(8-11)22-10-18(4,5)20-16(22)25/h9,11-12H,6-8,10H2,1-5H3,(H2,19,24)(H,20,25)/t11-,12+/m0/s1. The van der Waals surface area contributed by atoms with Gasteiger partial charge in [0.1, 0.15) is 0 Å². The van der Waals surface area contributed by atoms with E-state index in [1.165, 1.54) is 0 Å². The van der Waals surface area contributed by atoms with Crippen molar-refractivity contribution in [2.24, 2.45) is 5.73 Å². The van der Waals surface area contributed by atoms with Crippen LogP contribution in [0.2, 0.25) is 0 Å². The number of urea groups is 1. The number of ether oxygens (including phenoxy) is 1. The summed E-state index contributed by atoms with van der Waals surface area (Å²) in [5.74, 6) is 0.486. The van der Waals surface area contributed by atoms with Crippen LogP contribution >= 0.6 is 0 Å². The molecular formula is C18H29N5O3. The van der Waals surface area contributed by atoms with Gasteiger partial charge < -0.3 is 20.7 Å². The van der Waals surface area contributed by atoms with E-state index in [9.17, 15) is 9.59 Å². The maximum Gasteiger partial charge on any atom is 0.411 e. The van der Waals surface area contributed by atoms with Crippen molar-refractivity contribution < 1.29 is 14.3 Å². The number of hydrogen-bond acceptors (Lipinski definition) is 4. The minimum atomic E-state index is -0.865. The van der Waals surface area contributed by atoms with Gasteiger partial charge in [-0.2, -0.15) is 0 Å². The molecule has 144 valence electrons. The van der Waals surface area contributed by atoms with Crippen LogP contribution in [0.1, 0.15) is 65.5 Å². The summed E-state index contributed by atoms with van der Waals surface area (Å²) in [5.41, 5.74) is 5.71. The second kappa shape index (κ2) is 6.17. The van der Waals surface area contributed by atoms with Gasteiger partial charge in [-0.3, -0.25) is 4.68 Å². The number of rotatable bonds is 3. The molecule has 1 aliphatic heterocycles. The zero-order chi connectivity index (χ0) is 19.3. The number of carbonyl (C=O) groups is 2. The molecule has 2 heterocycles. The molecule has 8 nitrogen and oxygen atoms in total. The number of hydrogen-bond donors (Lipinski definition) is 2. The molecule has 1 saturated heterocycles. The van der Waals surface area contributed by atoms with E-state index < -0.39 is 6.09 Å². The van der Waals surface area contributed by atoms with Crippen molar-refractivity contribution in [2.75, 3.05) is 6.54 Å². The number of amides is 3. The lowest BCUT2D eigenvalue weighted by molar-refractivity contribution is 0.196. The van der Waals surface area contributed by atoms with E-state index in [2.05, 4.69) is 31.2 Å². The Hall–Kier alpha value is -2.25. The number of nitrogens with two attached hydrogens (primary N) is 1. The molecule has 0 unspecified atom stereocenters. The Balaban J connectivity index is 1.81. The molecule has 2 atom stereocenters. The molecule has 0 radical (unpaired) electrons. The molecule has 1 aromatic heterocycles. The topological polar surface area (TPSA) is 102 Å². The van der Waals surface area contributed by atoms with Crippen molar-refractivity contribution >= 4 is 12.1 Å². The number of aromatic nitrogens is 2. The maximum atomic E-state index is 12.3. The maximum absolute atomic E-state index is 12.3. The van der Waals surface area contributed by atoms with Crippen LogP contribution in [0.25, 0.3) is 0 Å². The molecule has 3 rings (SSSR count). The van der Waals surface area contributed by atoms with E-state index in [0.29, 0.717) is 0 Å². The van der Waals surface area contributed by atoms with Crippen molar-refractivity contribution in [1.82, 2.24) is 20.0 Å². The van der Waals surface area contributed by atoms with Gasteiger partial charge in [-0.1, -0.05) is 0 Å². The van der Waals surface area contributed by atoms with E-state index >= 15 is 0 Å². The zero-order valence-electron chi connectivity index (χ0n) is 16.2. The third-order valence-electron chi connectivity index (χ3n) is 5.09. The van der Waals surface area contributed by atoms with E-state index in [-0.39, 0.29) is 34.9 Å². The van der Waals surface area contributed by atoms with Gasteiger partial charge in [-0.25, -0.2) is 9.59 Å². The second-order valence-corrected chi connectivity index (χ2v) is 9.02. The highest BCUT2D eigenvalue weighted by atomic mass is 16.6. The molecule has 0 aromatic carbocycles. The number of nitrogens with zero attached hydrogens (tertiary/aromatic N) is 3. The van der Waals surface area contributed by atoms with E-state index in [4.69, 9.17) is 10.5 Å². The number of nitrogens with one attached hydrogen (secondary N) is 1. The summed E-state index contributed by atoms with van der Waals surface area (Å²) >= 11 is 0. The first-order valence-corrected chi connectivity index (χ1v) is 9.13. The Labute approximate surface area is 154 Å². The van der Waals surface area contributed by atoms with E-state index in [1.54, 1.807) is 6.07 Å². The Morgan fingerprint density at radius 3 is 2.62 bits per heavy atom. The molecule has 1 saturated carbocycles. The van der Waals surface area contributed by atoms with Crippen LogP contribution in [-0.2, 0) is 5.54 Å². The Morgan fingerprint density at radius 2 is 2.08 bits per heavy atom. The summed E-state index contributed by atoms with van der Waals surface area (Å²) in [6.45, 7) is 11.0. The fourth-order valence-corrected chi connectivity index (χ4v) is 4.06. The van der Waals surface area contributed by atoms with Crippen LogP contribution < -0.4 is 15.8 Å². The van der Waals surface area contributed by atoms with Crippen LogP contribution in [0.5, 0.6) is 5.88 Å². The van der Waals surface area contributed by atoms with Gasteiger partial charge >= 0.3 is 12.1 Å². The van der Waals surface area contributed by atoms with Gasteiger partial charge in [0.05, 0.1) is 11.1 Å². The average molecular weight is 363 g/mol. The van der Waals surface area contributed by atoms with Gasteiger partial charge in [0.25, 0.3) is 0 Å². The highest BCUT2D eigenvalue weighted by Crippen LogP contribution is 2.40. The number of primary amides is 1. The minimum absolute atomic E-state index is 0.0164.